The Balaban J connectivity index is 2.53. The van der Waals surface area contributed by atoms with Gasteiger partial charge in [0.15, 0.2) is 0 Å². The summed E-state index contributed by atoms with van der Waals surface area (Å²) in [6.45, 7) is 0.731. The summed E-state index contributed by atoms with van der Waals surface area (Å²) in [6.07, 6.45) is 1.59. The Labute approximate surface area is 88.9 Å². The van der Waals surface area contributed by atoms with Gasteiger partial charge in [-0.05, 0) is 12.8 Å². The summed E-state index contributed by atoms with van der Waals surface area (Å²) in [4.78, 5) is 17.4. The van der Waals surface area contributed by atoms with E-state index in [0.29, 0.717) is 6.54 Å². The van der Waals surface area contributed by atoms with E-state index >= 15 is 0 Å². The van der Waals surface area contributed by atoms with Crippen molar-refractivity contribution in [1.29, 1.82) is 5.26 Å². The molecule has 6 heteroatoms. The largest absolute Gasteiger partial charge is 0.369 e. The first kappa shape index (κ1) is 11.9. The number of rotatable bonds is 4. The molecule has 0 unspecified atom stereocenters. The van der Waals surface area contributed by atoms with Gasteiger partial charge in [-0.3, -0.25) is 9.69 Å². The molecule has 0 aromatic carbocycles. The molecule has 1 fully saturated rings. The molecule has 2 atom stereocenters. The zero-order chi connectivity index (χ0) is 11.3. The van der Waals surface area contributed by atoms with E-state index in [1.807, 2.05) is 0 Å². The number of nitrogens with two attached hydrogens (primary N) is 1. The Morgan fingerprint density at radius 2 is 2.47 bits per heavy atom. The van der Waals surface area contributed by atoms with Crippen molar-refractivity contribution in [2.45, 2.75) is 24.9 Å². The summed E-state index contributed by atoms with van der Waals surface area (Å²) in [5.74, 6) is -0.409. The van der Waals surface area contributed by atoms with Crippen molar-refractivity contribution in [3.8, 4) is 6.07 Å². The van der Waals surface area contributed by atoms with Gasteiger partial charge >= 0.3 is 0 Å². The lowest BCUT2D eigenvalue weighted by Crippen LogP contribution is -2.52. The molecule has 1 aliphatic heterocycles. The maximum Gasteiger partial charge on any atom is 0.231 e. The number of nitrogens with zero attached hydrogens (tertiary/aromatic N) is 2. The van der Waals surface area contributed by atoms with E-state index in [2.05, 4.69) is 11.5 Å². The van der Waals surface area contributed by atoms with Crippen LogP contribution in [-0.4, -0.2) is 43.1 Å². The molecule has 0 aromatic rings. The molecular formula is C9H16N4O2. The second kappa shape index (κ2) is 5.66. The number of likely N-dealkylation sites (tertiary alicyclic amines) is 1. The second-order valence-corrected chi connectivity index (χ2v) is 3.64. The maximum absolute atomic E-state index is 10.8. The Bertz CT molecular complexity index is 263. The first-order valence-corrected chi connectivity index (χ1v) is 4.88. The van der Waals surface area contributed by atoms with E-state index in [-0.39, 0.29) is 18.6 Å². The van der Waals surface area contributed by atoms with Crippen LogP contribution in [0, 0.1) is 11.3 Å². The molecule has 1 heterocycles. The van der Waals surface area contributed by atoms with Crippen LogP contribution in [0.1, 0.15) is 12.8 Å². The number of hydroxylamine groups is 1. The van der Waals surface area contributed by atoms with Crippen molar-refractivity contribution < 1.29 is 9.63 Å². The second-order valence-electron chi connectivity index (χ2n) is 3.64. The molecule has 3 N–H and O–H groups in total. The highest BCUT2D eigenvalue weighted by Crippen LogP contribution is 2.16. The molecule has 0 spiro atoms. The Morgan fingerprint density at radius 1 is 1.73 bits per heavy atom. The molecule has 15 heavy (non-hydrogen) atoms. The average molecular weight is 212 g/mol. The third-order valence-electron chi connectivity index (χ3n) is 2.48. The van der Waals surface area contributed by atoms with Gasteiger partial charge in [0.2, 0.25) is 5.91 Å². The summed E-state index contributed by atoms with van der Waals surface area (Å²) in [5, 5.41) is 8.90. The molecule has 1 rings (SSSR count). The molecule has 1 saturated heterocycles. The predicted molar refractivity (Wildman–Crippen MR) is 53.3 cm³/mol. The SMILES string of the molecule is CON[C@@H]1CC[C@@H](C#N)N(CC(N)=O)C1. The van der Waals surface area contributed by atoms with E-state index in [4.69, 9.17) is 15.8 Å². The number of hydrogen-bond donors (Lipinski definition) is 2. The maximum atomic E-state index is 10.8. The smallest absolute Gasteiger partial charge is 0.231 e. The number of carbonyl (C=O) groups is 1. The van der Waals surface area contributed by atoms with Gasteiger partial charge in [-0.15, -0.1) is 0 Å². The highest BCUT2D eigenvalue weighted by Gasteiger charge is 2.28. The first-order chi connectivity index (χ1) is 7.17. The Morgan fingerprint density at radius 3 is 3.00 bits per heavy atom. The van der Waals surface area contributed by atoms with E-state index in [1.165, 1.54) is 0 Å². The minimum Gasteiger partial charge on any atom is -0.369 e. The average Bonchev–Trinajstić information content (AvgIpc) is 2.18. The molecule has 0 aromatic heterocycles. The van der Waals surface area contributed by atoms with Gasteiger partial charge in [0, 0.05) is 12.6 Å². The first-order valence-electron chi connectivity index (χ1n) is 4.88. The molecule has 0 aliphatic carbocycles. The summed E-state index contributed by atoms with van der Waals surface area (Å²) in [7, 11) is 1.55. The zero-order valence-electron chi connectivity index (χ0n) is 8.77. The third kappa shape index (κ3) is 3.47. The van der Waals surface area contributed by atoms with Crippen molar-refractivity contribution >= 4 is 5.91 Å². The van der Waals surface area contributed by atoms with E-state index in [0.717, 1.165) is 12.8 Å². The standard InChI is InChI=1S/C9H16N4O2/c1-15-12-7-2-3-8(4-10)13(5-7)6-9(11)14/h7-8,12H,2-3,5-6H2,1H3,(H2,11,14)/t7-,8+/m1/s1. The number of piperidine rings is 1. The quantitative estimate of drug-likeness (QED) is 0.582. The minimum atomic E-state index is -0.409. The lowest BCUT2D eigenvalue weighted by Gasteiger charge is -2.35. The fraction of sp³-hybridized carbons (Fsp3) is 0.778. The van der Waals surface area contributed by atoms with Crippen LogP contribution < -0.4 is 11.2 Å². The van der Waals surface area contributed by atoms with Crippen LogP contribution in [0.15, 0.2) is 0 Å². The van der Waals surface area contributed by atoms with Crippen molar-refractivity contribution in [2.24, 2.45) is 5.73 Å². The lowest BCUT2D eigenvalue weighted by atomic mass is 9.99. The number of nitrogens with one attached hydrogen (secondary N) is 1. The molecule has 1 aliphatic rings. The number of hydrogen-bond acceptors (Lipinski definition) is 5. The number of amides is 1. The van der Waals surface area contributed by atoms with Crippen LogP contribution in [0.2, 0.25) is 0 Å². The summed E-state index contributed by atoms with van der Waals surface area (Å²) >= 11 is 0. The predicted octanol–water partition coefficient (Wildman–Crippen LogP) is -1.02. The van der Waals surface area contributed by atoms with Crippen molar-refractivity contribution in [2.75, 3.05) is 20.2 Å². The fourth-order valence-corrected chi connectivity index (χ4v) is 1.83. The summed E-state index contributed by atoms with van der Waals surface area (Å²) < 4.78 is 0. The zero-order valence-corrected chi connectivity index (χ0v) is 8.77. The van der Waals surface area contributed by atoms with Crippen LogP contribution in [0.3, 0.4) is 0 Å². The third-order valence-corrected chi connectivity index (χ3v) is 2.48. The van der Waals surface area contributed by atoms with E-state index in [1.54, 1.807) is 12.0 Å². The topological polar surface area (TPSA) is 91.4 Å². The molecule has 1 amide bonds. The number of primary amides is 1. The fourth-order valence-electron chi connectivity index (χ4n) is 1.83. The number of carbonyl (C=O) groups excluding carboxylic acids is 1. The van der Waals surface area contributed by atoms with Gasteiger partial charge in [0.25, 0.3) is 0 Å². The van der Waals surface area contributed by atoms with Crippen molar-refractivity contribution in [3.63, 3.8) is 0 Å². The molecule has 0 saturated carbocycles. The Hall–Kier alpha value is -1.16. The van der Waals surface area contributed by atoms with Gasteiger partial charge in [0.1, 0.15) is 0 Å². The minimum absolute atomic E-state index is 0.125. The lowest BCUT2D eigenvalue weighted by molar-refractivity contribution is -0.120. The van der Waals surface area contributed by atoms with Crippen LogP contribution >= 0.6 is 0 Å². The van der Waals surface area contributed by atoms with Crippen LogP contribution in [-0.2, 0) is 9.63 Å². The van der Waals surface area contributed by atoms with Gasteiger partial charge in [-0.25, -0.2) is 0 Å². The highest BCUT2D eigenvalue weighted by atomic mass is 16.6. The Kier molecular flexibility index (Phi) is 4.49. The molecule has 6 nitrogen and oxygen atoms in total. The monoisotopic (exact) mass is 212 g/mol. The van der Waals surface area contributed by atoms with Crippen molar-refractivity contribution in [1.82, 2.24) is 10.4 Å². The van der Waals surface area contributed by atoms with Crippen LogP contribution in [0.4, 0.5) is 0 Å². The van der Waals surface area contributed by atoms with E-state index < -0.39 is 5.91 Å². The molecule has 84 valence electrons. The van der Waals surface area contributed by atoms with Crippen molar-refractivity contribution in [3.05, 3.63) is 0 Å². The van der Waals surface area contributed by atoms with Crippen LogP contribution in [0.25, 0.3) is 0 Å². The van der Waals surface area contributed by atoms with E-state index in [9.17, 15) is 4.79 Å². The molecular weight excluding hydrogens is 196 g/mol. The summed E-state index contributed by atoms with van der Waals surface area (Å²) in [6, 6.07) is 2.11. The molecule has 0 radical (unpaired) electrons. The van der Waals surface area contributed by atoms with Gasteiger partial charge in [-0.2, -0.15) is 10.7 Å². The van der Waals surface area contributed by atoms with Gasteiger partial charge < -0.3 is 10.6 Å². The molecule has 0 bridgehead atoms. The van der Waals surface area contributed by atoms with Gasteiger partial charge in [-0.1, -0.05) is 0 Å². The normalized spacial score (nSPS) is 27.2. The summed E-state index contributed by atoms with van der Waals surface area (Å²) in [5.41, 5.74) is 7.95. The van der Waals surface area contributed by atoms with Crippen LogP contribution in [0.5, 0.6) is 0 Å². The van der Waals surface area contributed by atoms with Gasteiger partial charge in [0.05, 0.1) is 25.8 Å². The highest BCUT2D eigenvalue weighted by molar-refractivity contribution is 5.76. The number of nitriles is 1.